The molecule has 4 aliphatic rings. The van der Waals surface area contributed by atoms with Crippen LogP contribution in [-0.2, 0) is 14.6 Å². The molecule has 1 unspecified atom stereocenters. The van der Waals surface area contributed by atoms with Crippen molar-refractivity contribution in [3.63, 3.8) is 0 Å². The standard InChI is InChI=1S/C20H35N3O3S/c24-27(25)13-6-17(15-27)14-21-19(22-18-4-2-1-3-5-18)23-10-7-20(16-23)8-11-26-12-9-20/h17-18H,1-16H2,(H,21,22). The van der Waals surface area contributed by atoms with Gasteiger partial charge in [0.2, 0.25) is 0 Å². The second-order valence-electron chi connectivity index (χ2n) is 9.20. The molecule has 1 aliphatic carbocycles. The molecule has 3 saturated heterocycles. The van der Waals surface area contributed by atoms with Gasteiger partial charge in [-0.1, -0.05) is 19.3 Å². The maximum absolute atomic E-state index is 11.8. The summed E-state index contributed by atoms with van der Waals surface area (Å²) in [5, 5.41) is 3.76. The van der Waals surface area contributed by atoms with Crippen molar-refractivity contribution < 1.29 is 13.2 Å². The summed E-state index contributed by atoms with van der Waals surface area (Å²) in [4.78, 5) is 7.41. The second-order valence-corrected chi connectivity index (χ2v) is 11.4. The third-order valence-electron chi connectivity index (χ3n) is 7.06. The number of hydrogen-bond acceptors (Lipinski definition) is 4. The number of sulfone groups is 1. The highest BCUT2D eigenvalue weighted by Gasteiger charge is 2.40. The van der Waals surface area contributed by atoms with Crippen molar-refractivity contribution in [2.75, 3.05) is 44.4 Å². The quantitative estimate of drug-likeness (QED) is 0.584. The normalized spacial score (nSPS) is 31.5. The van der Waals surface area contributed by atoms with E-state index in [1.165, 1.54) is 38.5 Å². The molecule has 1 saturated carbocycles. The van der Waals surface area contributed by atoms with Gasteiger partial charge in [-0.25, -0.2) is 8.42 Å². The monoisotopic (exact) mass is 397 g/mol. The SMILES string of the molecule is O=S1(=O)CCC(CN=C(NC2CCCCC2)N2CCC3(CCOCC3)C2)C1. The second kappa shape index (κ2) is 8.27. The third-order valence-corrected chi connectivity index (χ3v) is 8.89. The first-order valence-corrected chi connectivity index (χ1v) is 12.7. The molecule has 0 radical (unpaired) electrons. The van der Waals surface area contributed by atoms with E-state index in [-0.39, 0.29) is 5.92 Å². The summed E-state index contributed by atoms with van der Waals surface area (Å²) in [5.74, 6) is 1.88. The van der Waals surface area contributed by atoms with Gasteiger partial charge < -0.3 is 15.0 Å². The third kappa shape index (κ3) is 4.97. The largest absolute Gasteiger partial charge is 0.381 e. The van der Waals surface area contributed by atoms with Gasteiger partial charge in [0.1, 0.15) is 0 Å². The van der Waals surface area contributed by atoms with Crippen LogP contribution in [-0.4, -0.2) is 69.7 Å². The van der Waals surface area contributed by atoms with Crippen molar-refractivity contribution >= 4 is 15.8 Å². The molecule has 0 bridgehead atoms. The van der Waals surface area contributed by atoms with E-state index in [0.717, 1.165) is 51.5 Å². The lowest BCUT2D eigenvalue weighted by molar-refractivity contribution is 0.0217. The summed E-state index contributed by atoms with van der Waals surface area (Å²) in [6.07, 6.45) is 10.7. The highest BCUT2D eigenvalue weighted by atomic mass is 32.2. The summed E-state index contributed by atoms with van der Waals surface area (Å²) >= 11 is 0. The number of nitrogens with zero attached hydrogens (tertiary/aromatic N) is 2. The fourth-order valence-corrected chi connectivity index (χ4v) is 7.08. The Morgan fingerprint density at radius 2 is 1.89 bits per heavy atom. The predicted octanol–water partition coefficient (Wildman–Crippen LogP) is 2.20. The van der Waals surface area contributed by atoms with Gasteiger partial charge in [0.05, 0.1) is 11.5 Å². The molecule has 3 heterocycles. The number of rotatable bonds is 3. The van der Waals surface area contributed by atoms with E-state index in [1.807, 2.05) is 0 Å². The predicted molar refractivity (Wildman–Crippen MR) is 108 cm³/mol. The van der Waals surface area contributed by atoms with E-state index in [1.54, 1.807) is 0 Å². The van der Waals surface area contributed by atoms with Crippen LogP contribution in [0.25, 0.3) is 0 Å². The average molecular weight is 398 g/mol. The van der Waals surface area contributed by atoms with Crippen LogP contribution in [0.1, 0.15) is 57.8 Å². The Kier molecular flexibility index (Phi) is 5.97. The zero-order chi connectivity index (χ0) is 18.7. The Labute approximate surface area is 164 Å². The number of ether oxygens (including phenoxy) is 1. The number of aliphatic imine (C=N–C) groups is 1. The molecule has 4 rings (SSSR count). The van der Waals surface area contributed by atoms with Gasteiger partial charge >= 0.3 is 0 Å². The molecule has 0 aromatic rings. The Morgan fingerprint density at radius 1 is 1.11 bits per heavy atom. The fraction of sp³-hybridized carbons (Fsp3) is 0.950. The van der Waals surface area contributed by atoms with Gasteiger partial charge in [0.25, 0.3) is 0 Å². The van der Waals surface area contributed by atoms with Crippen LogP contribution in [0.5, 0.6) is 0 Å². The van der Waals surface area contributed by atoms with Crippen LogP contribution in [0.2, 0.25) is 0 Å². The van der Waals surface area contributed by atoms with E-state index >= 15 is 0 Å². The lowest BCUT2D eigenvalue weighted by Crippen LogP contribution is -2.47. The zero-order valence-corrected chi connectivity index (χ0v) is 17.3. The summed E-state index contributed by atoms with van der Waals surface area (Å²) in [7, 11) is -2.83. The fourth-order valence-electron chi connectivity index (χ4n) is 5.23. The Morgan fingerprint density at radius 3 is 2.59 bits per heavy atom. The van der Waals surface area contributed by atoms with E-state index in [9.17, 15) is 8.42 Å². The molecule has 1 N–H and O–H groups in total. The highest BCUT2D eigenvalue weighted by molar-refractivity contribution is 7.91. The smallest absolute Gasteiger partial charge is 0.194 e. The number of nitrogens with one attached hydrogen (secondary N) is 1. The molecular weight excluding hydrogens is 362 g/mol. The average Bonchev–Trinajstić information content (AvgIpc) is 3.23. The zero-order valence-electron chi connectivity index (χ0n) is 16.5. The first-order chi connectivity index (χ1) is 13.0. The summed E-state index contributed by atoms with van der Waals surface area (Å²) in [6.45, 7) is 4.53. The first-order valence-electron chi connectivity index (χ1n) is 10.9. The van der Waals surface area contributed by atoms with E-state index in [0.29, 0.717) is 29.5 Å². The van der Waals surface area contributed by atoms with Crippen molar-refractivity contribution in [3.8, 4) is 0 Å². The number of hydrogen-bond donors (Lipinski definition) is 1. The highest BCUT2D eigenvalue weighted by Crippen LogP contribution is 2.39. The van der Waals surface area contributed by atoms with Crippen molar-refractivity contribution in [1.29, 1.82) is 0 Å². The molecule has 0 amide bonds. The minimum atomic E-state index is -2.83. The number of likely N-dealkylation sites (tertiary alicyclic amines) is 1. The van der Waals surface area contributed by atoms with Gasteiger partial charge in [-0.2, -0.15) is 0 Å². The minimum Gasteiger partial charge on any atom is -0.381 e. The first kappa shape index (κ1) is 19.5. The molecule has 3 aliphatic heterocycles. The van der Waals surface area contributed by atoms with Gasteiger partial charge in [0.15, 0.2) is 15.8 Å². The molecule has 6 nitrogen and oxygen atoms in total. The van der Waals surface area contributed by atoms with Gasteiger partial charge in [-0.3, -0.25) is 4.99 Å². The molecule has 1 spiro atoms. The van der Waals surface area contributed by atoms with Gasteiger partial charge in [-0.05, 0) is 49.9 Å². The molecule has 7 heteroatoms. The van der Waals surface area contributed by atoms with Crippen molar-refractivity contribution in [3.05, 3.63) is 0 Å². The summed E-state index contributed by atoms with van der Waals surface area (Å²) < 4.78 is 29.1. The van der Waals surface area contributed by atoms with Crippen LogP contribution in [0.15, 0.2) is 4.99 Å². The summed E-state index contributed by atoms with van der Waals surface area (Å²) in [6, 6.07) is 0.524. The van der Waals surface area contributed by atoms with E-state index < -0.39 is 9.84 Å². The lowest BCUT2D eigenvalue weighted by atomic mass is 9.80. The molecule has 4 fully saturated rings. The van der Waals surface area contributed by atoms with Crippen LogP contribution in [0, 0.1) is 11.3 Å². The molecule has 0 aromatic carbocycles. The van der Waals surface area contributed by atoms with Crippen LogP contribution < -0.4 is 5.32 Å². The van der Waals surface area contributed by atoms with Gasteiger partial charge in [-0.15, -0.1) is 0 Å². The molecule has 154 valence electrons. The molecule has 1 atom stereocenters. The van der Waals surface area contributed by atoms with Crippen LogP contribution in [0.3, 0.4) is 0 Å². The van der Waals surface area contributed by atoms with Crippen molar-refractivity contribution in [2.24, 2.45) is 16.3 Å². The Balaban J connectivity index is 1.43. The van der Waals surface area contributed by atoms with E-state index in [2.05, 4.69) is 10.2 Å². The Bertz CT molecular complexity index is 637. The summed E-state index contributed by atoms with van der Waals surface area (Å²) in [5.41, 5.74) is 0.393. The molecule has 0 aromatic heterocycles. The maximum Gasteiger partial charge on any atom is 0.194 e. The van der Waals surface area contributed by atoms with Crippen LogP contribution >= 0.6 is 0 Å². The van der Waals surface area contributed by atoms with Crippen molar-refractivity contribution in [2.45, 2.75) is 63.8 Å². The minimum absolute atomic E-state index is 0.192. The topological polar surface area (TPSA) is 71.0 Å². The van der Waals surface area contributed by atoms with Gasteiger partial charge in [0, 0.05) is 38.9 Å². The van der Waals surface area contributed by atoms with E-state index in [4.69, 9.17) is 9.73 Å². The van der Waals surface area contributed by atoms with Crippen molar-refractivity contribution in [1.82, 2.24) is 10.2 Å². The Hall–Kier alpha value is -0.820. The van der Waals surface area contributed by atoms with Crippen LogP contribution in [0.4, 0.5) is 0 Å². The molecule has 27 heavy (non-hydrogen) atoms. The number of guanidine groups is 1. The lowest BCUT2D eigenvalue weighted by Gasteiger charge is -2.34. The molecular formula is C20H35N3O3S. The maximum atomic E-state index is 11.8.